The molecule has 0 atom stereocenters. The third kappa shape index (κ3) is 0.543. The highest BCUT2D eigenvalue weighted by molar-refractivity contribution is 5.97. The highest BCUT2D eigenvalue weighted by atomic mass is 16.1. The minimum Gasteiger partial charge on any atom is -0.348 e. The average molecular weight is 122 g/mol. The summed E-state index contributed by atoms with van der Waals surface area (Å²) >= 11 is 0. The molecule has 0 radical (unpaired) electrons. The number of hydrogen-bond donors (Lipinski definition) is 2. The van der Waals surface area contributed by atoms with Crippen molar-refractivity contribution in [3.8, 4) is 0 Å². The Morgan fingerprint density at radius 2 is 2.44 bits per heavy atom. The molecule has 1 amide bonds. The van der Waals surface area contributed by atoms with Crippen LogP contribution in [-0.2, 0) is 11.2 Å². The van der Waals surface area contributed by atoms with Crippen molar-refractivity contribution in [2.24, 2.45) is 0 Å². The predicted molar refractivity (Wildman–Crippen MR) is 33.1 cm³/mol. The van der Waals surface area contributed by atoms with Crippen LogP contribution in [0.4, 0.5) is 5.82 Å². The molecule has 2 rings (SSSR count). The molecule has 0 saturated carbocycles. The number of aromatic nitrogens is 1. The number of anilines is 1. The molecule has 1 aliphatic rings. The molecule has 0 saturated heterocycles. The van der Waals surface area contributed by atoms with Gasteiger partial charge in [-0.3, -0.25) is 4.79 Å². The Labute approximate surface area is 52.1 Å². The molecule has 3 nitrogen and oxygen atoms in total. The van der Waals surface area contributed by atoms with Crippen LogP contribution in [0.2, 0.25) is 0 Å². The van der Waals surface area contributed by atoms with Crippen molar-refractivity contribution in [3.63, 3.8) is 0 Å². The Bertz CT molecular complexity index is 229. The first kappa shape index (κ1) is 4.61. The zero-order valence-electron chi connectivity index (χ0n) is 4.77. The molecule has 46 valence electrons. The van der Waals surface area contributed by atoms with Crippen LogP contribution in [0.15, 0.2) is 12.3 Å². The van der Waals surface area contributed by atoms with Gasteiger partial charge in [0.05, 0.1) is 6.42 Å². The summed E-state index contributed by atoms with van der Waals surface area (Å²) in [6, 6.07) is 1.91. The van der Waals surface area contributed by atoms with Gasteiger partial charge < -0.3 is 10.3 Å². The van der Waals surface area contributed by atoms with Crippen molar-refractivity contribution < 1.29 is 4.79 Å². The van der Waals surface area contributed by atoms with E-state index in [2.05, 4.69) is 10.3 Å². The van der Waals surface area contributed by atoms with E-state index in [4.69, 9.17) is 0 Å². The van der Waals surface area contributed by atoms with Crippen molar-refractivity contribution in [2.75, 3.05) is 5.32 Å². The number of amides is 1. The lowest BCUT2D eigenvalue weighted by molar-refractivity contribution is -0.115. The van der Waals surface area contributed by atoms with Gasteiger partial charge in [0.2, 0.25) is 5.91 Å². The van der Waals surface area contributed by atoms with E-state index >= 15 is 0 Å². The van der Waals surface area contributed by atoms with E-state index in [9.17, 15) is 4.79 Å². The number of carbonyl (C=O) groups is 1. The van der Waals surface area contributed by atoms with Crippen molar-refractivity contribution in [3.05, 3.63) is 17.8 Å². The average Bonchev–Trinajstić information content (AvgIpc) is 2.22. The molecule has 0 bridgehead atoms. The summed E-state index contributed by atoms with van der Waals surface area (Å²) in [4.78, 5) is 13.5. The van der Waals surface area contributed by atoms with Crippen LogP contribution >= 0.6 is 0 Å². The summed E-state index contributed by atoms with van der Waals surface area (Å²) in [6.07, 6.45) is 2.35. The normalized spacial score (nSPS) is 15.3. The van der Waals surface area contributed by atoms with E-state index in [0.29, 0.717) is 6.42 Å². The van der Waals surface area contributed by atoms with Gasteiger partial charge in [0.15, 0.2) is 0 Å². The summed E-state index contributed by atoms with van der Waals surface area (Å²) in [5.74, 6) is 0.942. The van der Waals surface area contributed by atoms with Gasteiger partial charge in [-0.1, -0.05) is 0 Å². The third-order valence-electron chi connectivity index (χ3n) is 1.45. The number of aromatic amines is 1. The molecule has 1 aromatic rings. The first-order chi connectivity index (χ1) is 4.36. The lowest BCUT2D eigenvalue weighted by Crippen LogP contribution is -2.04. The van der Waals surface area contributed by atoms with Crippen LogP contribution in [0.3, 0.4) is 0 Å². The smallest absolute Gasteiger partial charge is 0.230 e. The van der Waals surface area contributed by atoms with Gasteiger partial charge >= 0.3 is 0 Å². The minimum atomic E-state index is 0.0804. The molecule has 0 unspecified atom stereocenters. The van der Waals surface area contributed by atoms with Crippen LogP contribution in [0.1, 0.15) is 5.56 Å². The number of hydrogen-bond acceptors (Lipinski definition) is 1. The van der Waals surface area contributed by atoms with E-state index in [0.717, 1.165) is 11.4 Å². The zero-order chi connectivity index (χ0) is 6.27. The molecule has 0 fully saturated rings. The molecule has 0 aliphatic carbocycles. The molecule has 2 heterocycles. The SMILES string of the molecule is O=C1Cc2cc[nH]c2N1. The van der Waals surface area contributed by atoms with E-state index in [1.54, 1.807) is 0 Å². The van der Waals surface area contributed by atoms with Gasteiger partial charge in [0.25, 0.3) is 0 Å². The maximum Gasteiger partial charge on any atom is 0.230 e. The first-order valence-corrected chi connectivity index (χ1v) is 2.82. The number of nitrogens with one attached hydrogen (secondary N) is 2. The van der Waals surface area contributed by atoms with Crippen LogP contribution in [0, 0.1) is 0 Å². The van der Waals surface area contributed by atoms with Crippen LogP contribution in [0.25, 0.3) is 0 Å². The second-order valence-electron chi connectivity index (χ2n) is 2.10. The summed E-state index contributed by atoms with van der Waals surface area (Å²) < 4.78 is 0. The monoisotopic (exact) mass is 122 g/mol. The Kier molecular flexibility index (Phi) is 0.704. The van der Waals surface area contributed by atoms with Crippen molar-refractivity contribution >= 4 is 11.7 Å². The quantitative estimate of drug-likeness (QED) is 0.517. The first-order valence-electron chi connectivity index (χ1n) is 2.82. The fourth-order valence-electron chi connectivity index (χ4n) is 1.02. The summed E-state index contributed by atoms with van der Waals surface area (Å²) in [7, 11) is 0. The van der Waals surface area contributed by atoms with Gasteiger partial charge in [-0.2, -0.15) is 0 Å². The highest BCUT2D eigenvalue weighted by Crippen LogP contribution is 2.19. The molecule has 1 aromatic heterocycles. The number of H-pyrrole nitrogens is 1. The van der Waals surface area contributed by atoms with Crippen LogP contribution < -0.4 is 5.32 Å². The maximum absolute atomic E-state index is 10.6. The summed E-state index contributed by atoms with van der Waals surface area (Å²) in [5, 5.41) is 2.68. The zero-order valence-corrected chi connectivity index (χ0v) is 4.77. The maximum atomic E-state index is 10.6. The molecular weight excluding hydrogens is 116 g/mol. The molecule has 3 heteroatoms. The van der Waals surface area contributed by atoms with Crippen LogP contribution in [-0.4, -0.2) is 10.9 Å². The van der Waals surface area contributed by atoms with Crippen molar-refractivity contribution in [1.29, 1.82) is 0 Å². The van der Waals surface area contributed by atoms with Gasteiger partial charge in [-0.25, -0.2) is 0 Å². The van der Waals surface area contributed by atoms with Crippen molar-refractivity contribution in [2.45, 2.75) is 6.42 Å². The highest BCUT2D eigenvalue weighted by Gasteiger charge is 2.16. The topological polar surface area (TPSA) is 44.9 Å². The Hall–Kier alpha value is -1.25. The van der Waals surface area contributed by atoms with Gasteiger partial charge in [0, 0.05) is 11.8 Å². The second kappa shape index (κ2) is 1.37. The number of carbonyl (C=O) groups excluding carboxylic acids is 1. The molecule has 2 N–H and O–H groups in total. The molecule has 0 aromatic carbocycles. The molecule has 9 heavy (non-hydrogen) atoms. The van der Waals surface area contributed by atoms with Crippen molar-refractivity contribution in [1.82, 2.24) is 4.98 Å². The van der Waals surface area contributed by atoms with Gasteiger partial charge in [-0.15, -0.1) is 0 Å². The Balaban J connectivity index is 2.49. The Morgan fingerprint density at radius 1 is 1.56 bits per heavy atom. The second-order valence-corrected chi connectivity index (χ2v) is 2.10. The predicted octanol–water partition coefficient (Wildman–Crippen LogP) is 0.509. The van der Waals surface area contributed by atoms with Crippen LogP contribution in [0.5, 0.6) is 0 Å². The van der Waals surface area contributed by atoms with E-state index in [-0.39, 0.29) is 5.91 Å². The third-order valence-corrected chi connectivity index (χ3v) is 1.45. The van der Waals surface area contributed by atoms with E-state index < -0.39 is 0 Å². The fourth-order valence-corrected chi connectivity index (χ4v) is 1.02. The van der Waals surface area contributed by atoms with E-state index in [1.807, 2.05) is 12.3 Å². The Morgan fingerprint density at radius 3 is 3.22 bits per heavy atom. The lowest BCUT2D eigenvalue weighted by Gasteiger charge is -1.86. The summed E-state index contributed by atoms with van der Waals surface area (Å²) in [5.41, 5.74) is 1.07. The van der Waals surface area contributed by atoms with E-state index in [1.165, 1.54) is 0 Å². The number of rotatable bonds is 0. The molecule has 1 aliphatic heterocycles. The molecular formula is C6H6N2O. The molecule has 0 spiro atoms. The largest absolute Gasteiger partial charge is 0.348 e. The fraction of sp³-hybridized carbons (Fsp3) is 0.167. The standard InChI is InChI=1S/C6H6N2O/c9-5-3-4-1-2-7-6(4)8-5/h1-2,7H,3H2,(H,8,9). The summed E-state index contributed by atoms with van der Waals surface area (Å²) in [6.45, 7) is 0. The van der Waals surface area contributed by atoms with Gasteiger partial charge in [0.1, 0.15) is 5.82 Å². The van der Waals surface area contributed by atoms with Gasteiger partial charge in [-0.05, 0) is 6.07 Å². The number of fused-ring (bicyclic) bond motifs is 1. The lowest BCUT2D eigenvalue weighted by atomic mass is 10.3. The minimum absolute atomic E-state index is 0.0804.